The fourth-order valence-electron chi connectivity index (χ4n) is 1.79. The van der Waals surface area contributed by atoms with Crippen LogP contribution in [0.1, 0.15) is 23.8 Å². The van der Waals surface area contributed by atoms with Gasteiger partial charge in [0.1, 0.15) is 5.15 Å². The van der Waals surface area contributed by atoms with Gasteiger partial charge in [0.2, 0.25) is 0 Å². The lowest BCUT2D eigenvalue weighted by atomic mass is 10.2. The van der Waals surface area contributed by atoms with Crippen molar-refractivity contribution in [1.82, 2.24) is 9.55 Å². The van der Waals surface area contributed by atoms with E-state index in [1.54, 1.807) is 0 Å². The smallest absolute Gasteiger partial charge is 0.297 e. The molecule has 0 unspecified atom stereocenters. The molecule has 0 aromatic carbocycles. The molecule has 0 spiro atoms. The molecule has 2 aromatic rings. The molecule has 102 valence electrons. The Hall–Kier alpha value is -0.850. The molecule has 2 heterocycles. The van der Waals surface area contributed by atoms with Crippen LogP contribution in [0.4, 0.5) is 0 Å². The minimum atomic E-state index is -0.473. The lowest BCUT2D eigenvalue weighted by Crippen LogP contribution is -2.37. The first-order chi connectivity index (χ1) is 9.02. The number of thiophene rings is 1. The molecule has 0 aliphatic rings. The van der Waals surface area contributed by atoms with Crippen molar-refractivity contribution in [2.45, 2.75) is 26.3 Å². The quantitative estimate of drug-likeness (QED) is 0.849. The third-order valence-corrected chi connectivity index (χ3v) is 4.67. The fourth-order valence-corrected chi connectivity index (χ4v) is 3.48. The molecule has 0 aliphatic heterocycles. The fraction of sp³-hybridized carbons (Fsp3) is 0.333. The molecular formula is C12H12BrClN2O2S. The summed E-state index contributed by atoms with van der Waals surface area (Å²) in [4.78, 5) is 27.6. The van der Waals surface area contributed by atoms with Crippen molar-refractivity contribution in [3.63, 3.8) is 0 Å². The number of aromatic amines is 1. The van der Waals surface area contributed by atoms with Gasteiger partial charge < -0.3 is 0 Å². The van der Waals surface area contributed by atoms with Crippen molar-refractivity contribution in [2.75, 3.05) is 0 Å². The molecule has 0 amide bonds. The molecule has 2 rings (SSSR count). The molecule has 1 N–H and O–H groups in total. The zero-order chi connectivity index (χ0) is 14.0. The highest BCUT2D eigenvalue weighted by Gasteiger charge is 2.12. The van der Waals surface area contributed by atoms with Crippen LogP contribution in [0, 0.1) is 0 Å². The topological polar surface area (TPSA) is 54.9 Å². The van der Waals surface area contributed by atoms with E-state index < -0.39 is 5.69 Å². The second-order valence-corrected chi connectivity index (χ2v) is 6.38. The standard InChI is InChI=1S/C12H12BrClN2O2S/c1-2-3-9-10(14)15-12(18)16(11(9)17)5-8-4-7(13)6-19-8/h4,6H,2-3,5H2,1H3,(H,15,18). The van der Waals surface area contributed by atoms with E-state index in [-0.39, 0.29) is 17.3 Å². The summed E-state index contributed by atoms with van der Waals surface area (Å²) >= 11 is 10.8. The van der Waals surface area contributed by atoms with Crippen LogP contribution in [0.5, 0.6) is 0 Å². The van der Waals surface area contributed by atoms with Crippen LogP contribution in [0.15, 0.2) is 25.5 Å². The van der Waals surface area contributed by atoms with Crippen molar-refractivity contribution >= 4 is 38.9 Å². The molecule has 0 saturated carbocycles. The lowest BCUT2D eigenvalue weighted by molar-refractivity contribution is 0.687. The van der Waals surface area contributed by atoms with Crippen LogP contribution in [0.2, 0.25) is 5.15 Å². The van der Waals surface area contributed by atoms with Gasteiger partial charge in [-0.1, -0.05) is 24.9 Å². The summed E-state index contributed by atoms with van der Waals surface area (Å²) in [5.41, 5.74) is -0.307. The lowest BCUT2D eigenvalue weighted by Gasteiger charge is -2.07. The zero-order valence-electron chi connectivity index (χ0n) is 10.2. The van der Waals surface area contributed by atoms with Crippen molar-refractivity contribution in [3.8, 4) is 0 Å². The molecule has 0 fully saturated rings. The third-order valence-electron chi connectivity index (χ3n) is 2.67. The highest BCUT2D eigenvalue weighted by atomic mass is 79.9. The predicted octanol–water partition coefficient (Wildman–Crippen LogP) is 3.01. The number of aromatic nitrogens is 2. The number of halogens is 2. The Morgan fingerprint density at radius 2 is 2.21 bits per heavy atom. The normalized spacial score (nSPS) is 10.9. The predicted molar refractivity (Wildman–Crippen MR) is 81.4 cm³/mol. The number of H-pyrrole nitrogens is 1. The Bertz CT molecular complexity index is 704. The van der Waals surface area contributed by atoms with Crippen LogP contribution in [0.3, 0.4) is 0 Å². The molecule has 0 atom stereocenters. The number of hydrogen-bond acceptors (Lipinski definition) is 3. The van der Waals surface area contributed by atoms with E-state index in [0.29, 0.717) is 12.0 Å². The van der Waals surface area contributed by atoms with E-state index in [1.165, 1.54) is 15.9 Å². The second-order valence-electron chi connectivity index (χ2n) is 4.10. The first-order valence-corrected chi connectivity index (χ1v) is 7.82. The van der Waals surface area contributed by atoms with Gasteiger partial charge in [-0.3, -0.25) is 14.3 Å². The molecule has 0 bridgehead atoms. The molecule has 2 aromatic heterocycles. The molecule has 0 aliphatic carbocycles. The van der Waals surface area contributed by atoms with Crippen molar-refractivity contribution in [3.05, 3.63) is 52.4 Å². The van der Waals surface area contributed by atoms with Gasteiger partial charge in [0.05, 0.1) is 12.1 Å². The highest BCUT2D eigenvalue weighted by molar-refractivity contribution is 9.10. The van der Waals surface area contributed by atoms with E-state index in [2.05, 4.69) is 20.9 Å². The van der Waals surface area contributed by atoms with Gasteiger partial charge in [-0.05, 0) is 28.4 Å². The number of nitrogens with zero attached hydrogens (tertiary/aromatic N) is 1. The van der Waals surface area contributed by atoms with Gasteiger partial charge >= 0.3 is 5.69 Å². The van der Waals surface area contributed by atoms with Crippen molar-refractivity contribution in [2.24, 2.45) is 0 Å². The van der Waals surface area contributed by atoms with E-state index in [9.17, 15) is 9.59 Å². The summed E-state index contributed by atoms with van der Waals surface area (Å²) in [7, 11) is 0. The first-order valence-electron chi connectivity index (χ1n) is 5.77. The van der Waals surface area contributed by atoms with E-state index in [0.717, 1.165) is 15.8 Å². The van der Waals surface area contributed by atoms with E-state index >= 15 is 0 Å². The average Bonchev–Trinajstić information content (AvgIpc) is 2.76. The molecule has 0 saturated heterocycles. The Labute approximate surface area is 127 Å². The van der Waals surface area contributed by atoms with Crippen LogP contribution in [-0.4, -0.2) is 9.55 Å². The maximum absolute atomic E-state index is 12.3. The largest absolute Gasteiger partial charge is 0.329 e. The minimum absolute atomic E-state index is 0.153. The summed E-state index contributed by atoms with van der Waals surface area (Å²) in [5, 5.41) is 2.07. The number of rotatable bonds is 4. The molecule has 4 nitrogen and oxygen atoms in total. The molecule has 7 heteroatoms. The molecular weight excluding hydrogens is 352 g/mol. The third kappa shape index (κ3) is 3.19. The Morgan fingerprint density at radius 3 is 2.79 bits per heavy atom. The average molecular weight is 364 g/mol. The van der Waals surface area contributed by atoms with E-state index in [1.807, 2.05) is 18.4 Å². The first kappa shape index (κ1) is 14.6. The van der Waals surface area contributed by atoms with Gasteiger partial charge in [0, 0.05) is 14.7 Å². The van der Waals surface area contributed by atoms with Gasteiger partial charge in [-0.15, -0.1) is 11.3 Å². The summed E-state index contributed by atoms with van der Waals surface area (Å²) < 4.78 is 2.13. The molecule has 0 radical (unpaired) electrons. The van der Waals surface area contributed by atoms with Gasteiger partial charge in [-0.25, -0.2) is 4.79 Å². The Kier molecular flexibility index (Phi) is 4.65. The van der Waals surface area contributed by atoms with Crippen molar-refractivity contribution < 1.29 is 0 Å². The molecule has 19 heavy (non-hydrogen) atoms. The van der Waals surface area contributed by atoms with Crippen LogP contribution in [0.25, 0.3) is 0 Å². The summed E-state index contributed by atoms with van der Waals surface area (Å²) in [6.07, 6.45) is 1.36. The van der Waals surface area contributed by atoms with Gasteiger partial charge in [-0.2, -0.15) is 0 Å². The van der Waals surface area contributed by atoms with Crippen LogP contribution in [-0.2, 0) is 13.0 Å². The van der Waals surface area contributed by atoms with Crippen molar-refractivity contribution in [1.29, 1.82) is 0 Å². The monoisotopic (exact) mass is 362 g/mol. The Morgan fingerprint density at radius 1 is 1.47 bits per heavy atom. The maximum atomic E-state index is 12.3. The Balaban J connectivity index is 2.48. The SMILES string of the molecule is CCCc1c(Cl)[nH]c(=O)n(Cc2cc(Br)cs2)c1=O. The maximum Gasteiger partial charge on any atom is 0.329 e. The number of nitrogens with one attached hydrogen (secondary N) is 1. The number of hydrogen-bond donors (Lipinski definition) is 1. The van der Waals surface area contributed by atoms with Crippen LogP contribution >= 0.6 is 38.9 Å². The second kappa shape index (κ2) is 6.07. The van der Waals surface area contributed by atoms with Crippen LogP contribution < -0.4 is 11.2 Å². The van der Waals surface area contributed by atoms with Gasteiger partial charge in [0.15, 0.2) is 0 Å². The van der Waals surface area contributed by atoms with Gasteiger partial charge in [0.25, 0.3) is 5.56 Å². The highest BCUT2D eigenvalue weighted by Crippen LogP contribution is 2.20. The minimum Gasteiger partial charge on any atom is -0.297 e. The summed E-state index contributed by atoms with van der Waals surface area (Å²) in [5.74, 6) is 0. The zero-order valence-corrected chi connectivity index (χ0v) is 13.4. The summed E-state index contributed by atoms with van der Waals surface area (Å²) in [6.45, 7) is 2.22. The van der Waals surface area contributed by atoms with E-state index in [4.69, 9.17) is 11.6 Å². The summed E-state index contributed by atoms with van der Waals surface area (Å²) in [6, 6.07) is 1.89.